The molecule has 0 fully saturated rings. The van der Waals surface area contributed by atoms with E-state index in [2.05, 4.69) is 9.13 Å². The van der Waals surface area contributed by atoms with Gasteiger partial charge in [-0.3, -0.25) is 0 Å². The lowest BCUT2D eigenvalue weighted by atomic mass is 10.5. The summed E-state index contributed by atoms with van der Waals surface area (Å²) in [7, 11) is -3.07. The summed E-state index contributed by atoms with van der Waals surface area (Å²) in [6.45, 7) is 0. The fourth-order valence-electron chi connectivity index (χ4n) is 1.04. The molecule has 0 aliphatic carbocycles. The van der Waals surface area contributed by atoms with E-state index in [1.807, 2.05) is 0 Å². The third kappa shape index (κ3) is 2.75. The van der Waals surface area contributed by atoms with Crippen LogP contribution in [0.3, 0.4) is 0 Å². The average Bonchev–Trinajstić information content (AvgIpc) is 2.72. The molecular formula is C8H7NO5S3. The van der Waals surface area contributed by atoms with Crippen LogP contribution in [0.5, 0.6) is 0 Å². The quantitative estimate of drug-likeness (QED) is 0.359. The van der Waals surface area contributed by atoms with E-state index in [1.54, 1.807) is 6.26 Å². The van der Waals surface area contributed by atoms with Crippen molar-refractivity contribution in [2.75, 3.05) is 13.4 Å². The van der Waals surface area contributed by atoms with E-state index < -0.39 is 16.0 Å². The second-order valence-corrected chi connectivity index (χ2v) is 5.88. The summed E-state index contributed by atoms with van der Waals surface area (Å²) in [6.07, 6.45) is 2.61. The minimum Gasteiger partial charge on any atom is -0.465 e. The van der Waals surface area contributed by atoms with E-state index in [-0.39, 0.29) is 9.77 Å². The molecule has 1 aromatic rings. The monoisotopic (exact) mass is 293 g/mol. The van der Waals surface area contributed by atoms with Crippen LogP contribution in [0.2, 0.25) is 0 Å². The fourth-order valence-corrected chi connectivity index (χ4v) is 4.59. The van der Waals surface area contributed by atoms with Crippen molar-refractivity contribution >= 4 is 45.2 Å². The summed E-state index contributed by atoms with van der Waals surface area (Å²) in [5.41, 5.74) is 0. The standard InChI is InChI=1S/C8H7NO5S3/c1-14-8(11)6-7(5(15-2)3-16-6)17(12,13)9-4-10/h3H,1-2H3. The molecule has 0 spiro atoms. The Kier molecular flexibility index (Phi) is 4.47. The molecule has 0 radical (unpaired) electrons. The number of carbonyl (C=O) groups excluding carboxylic acids is 2. The van der Waals surface area contributed by atoms with Crippen LogP contribution >= 0.6 is 23.1 Å². The Labute approximate surface area is 106 Å². The molecule has 0 atom stereocenters. The highest BCUT2D eigenvalue weighted by molar-refractivity contribution is 7.99. The molecule has 0 N–H and O–H groups in total. The lowest BCUT2D eigenvalue weighted by Gasteiger charge is -2.01. The Balaban J connectivity index is 3.54. The van der Waals surface area contributed by atoms with Gasteiger partial charge in [0.1, 0.15) is 9.77 Å². The zero-order valence-electron chi connectivity index (χ0n) is 8.79. The second-order valence-electron chi connectivity index (χ2n) is 2.61. The Morgan fingerprint density at radius 2 is 2.24 bits per heavy atom. The molecule has 1 aromatic heterocycles. The highest BCUT2D eigenvalue weighted by Crippen LogP contribution is 2.34. The summed E-state index contributed by atoms with van der Waals surface area (Å²) in [5.74, 6) is -0.782. The molecular weight excluding hydrogens is 286 g/mol. The third-order valence-electron chi connectivity index (χ3n) is 1.72. The molecule has 0 aromatic carbocycles. The van der Waals surface area contributed by atoms with Gasteiger partial charge in [0.25, 0.3) is 16.1 Å². The smallest absolute Gasteiger partial charge is 0.349 e. The number of thioether (sulfide) groups is 1. The fraction of sp³-hybridized carbons (Fsp3) is 0.250. The molecule has 0 unspecified atom stereocenters. The number of ether oxygens (including phenoxy) is 1. The number of isocyanates is 1. The van der Waals surface area contributed by atoms with Gasteiger partial charge in [-0.25, -0.2) is 9.59 Å². The van der Waals surface area contributed by atoms with Gasteiger partial charge in [0.2, 0.25) is 0 Å². The van der Waals surface area contributed by atoms with Crippen LogP contribution in [-0.4, -0.2) is 33.8 Å². The largest absolute Gasteiger partial charge is 0.465 e. The van der Waals surface area contributed by atoms with Crippen molar-refractivity contribution in [3.63, 3.8) is 0 Å². The van der Waals surface area contributed by atoms with Crippen LogP contribution in [0.4, 0.5) is 0 Å². The number of carbonyl (C=O) groups is 1. The highest BCUT2D eigenvalue weighted by Gasteiger charge is 2.28. The van der Waals surface area contributed by atoms with Crippen molar-refractivity contribution < 1.29 is 22.7 Å². The predicted octanol–water partition coefficient (Wildman–Crippen LogP) is 1.28. The van der Waals surface area contributed by atoms with Gasteiger partial charge in [0, 0.05) is 10.3 Å². The Morgan fingerprint density at radius 1 is 1.59 bits per heavy atom. The van der Waals surface area contributed by atoms with Crippen molar-refractivity contribution in [1.29, 1.82) is 0 Å². The second kappa shape index (κ2) is 5.46. The lowest BCUT2D eigenvalue weighted by molar-refractivity contribution is 0.0602. The average molecular weight is 293 g/mol. The van der Waals surface area contributed by atoms with Crippen LogP contribution in [0.1, 0.15) is 9.67 Å². The SMILES string of the molecule is COC(=O)c1scc(SC)c1S(=O)(=O)N=C=O. The van der Waals surface area contributed by atoms with Gasteiger partial charge in [-0.1, -0.05) is 4.40 Å². The zero-order valence-corrected chi connectivity index (χ0v) is 11.2. The van der Waals surface area contributed by atoms with Gasteiger partial charge in [-0.2, -0.15) is 8.42 Å². The number of thiophene rings is 1. The van der Waals surface area contributed by atoms with E-state index >= 15 is 0 Å². The number of methoxy groups -OCH3 is 1. The molecule has 1 heterocycles. The topological polar surface area (TPSA) is 89.9 Å². The third-order valence-corrected chi connectivity index (χ3v) is 5.10. The number of hydrogen-bond donors (Lipinski definition) is 0. The number of nitrogens with zero attached hydrogens (tertiary/aromatic N) is 1. The van der Waals surface area contributed by atoms with E-state index in [9.17, 15) is 18.0 Å². The molecule has 0 saturated heterocycles. The van der Waals surface area contributed by atoms with Crippen LogP contribution in [-0.2, 0) is 19.6 Å². The zero-order chi connectivity index (χ0) is 13.1. The maximum Gasteiger partial charge on any atom is 0.349 e. The molecule has 0 saturated carbocycles. The molecule has 6 nitrogen and oxygen atoms in total. The molecule has 9 heteroatoms. The van der Waals surface area contributed by atoms with Crippen LogP contribution in [0.15, 0.2) is 19.6 Å². The van der Waals surface area contributed by atoms with Crippen molar-refractivity contribution in [3.8, 4) is 0 Å². The summed E-state index contributed by atoms with van der Waals surface area (Å²) >= 11 is 2.05. The van der Waals surface area contributed by atoms with Gasteiger partial charge >= 0.3 is 5.97 Å². The maximum absolute atomic E-state index is 11.7. The van der Waals surface area contributed by atoms with Crippen molar-refractivity contribution in [1.82, 2.24) is 0 Å². The minimum absolute atomic E-state index is 0.101. The van der Waals surface area contributed by atoms with Crippen molar-refractivity contribution in [2.45, 2.75) is 9.79 Å². The van der Waals surface area contributed by atoms with Crippen LogP contribution in [0.25, 0.3) is 0 Å². The summed E-state index contributed by atoms with van der Waals surface area (Å²) in [5, 5.41) is 1.49. The van der Waals surface area contributed by atoms with E-state index in [1.165, 1.54) is 5.38 Å². The number of sulfonamides is 1. The van der Waals surface area contributed by atoms with E-state index in [0.717, 1.165) is 36.3 Å². The summed E-state index contributed by atoms with van der Waals surface area (Å²) in [6, 6.07) is 0. The normalized spacial score (nSPS) is 10.7. The van der Waals surface area contributed by atoms with Gasteiger partial charge in [0.05, 0.1) is 7.11 Å². The van der Waals surface area contributed by atoms with Crippen LogP contribution < -0.4 is 0 Å². The van der Waals surface area contributed by atoms with Gasteiger partial charge in [0.15, 0.2) is 0 Å². The molecule has 0 aliphatic rings. The minimum atomic E-state index is -4.21. The van der Waals surface area contributed by atoms with Gasteiger partial charge in [-0.15, -0.1) is 23.1 Å². The number of rotatable bonds is 4. The Bertz CT molecular complexity index is 582. The molecule has 17 heavy (non-hydrogen) atoms. The first-order valence-corrected chi connectivity index (χ1v) is 7.60. The number of esters is 1. The Hall–Kier alpha value is -1.15. The molecule has 0 amide bonds. The van der Waals surface area contributed by atoms with Crippen molar-refractivity contribution in [3.05, 3.63) is 10.3 Å². The van der Waals surface area contributed by atoms with E-state index in [0.29, 0.717) is 4.90 Å². The predicted molar refractivity (Wildman–Crippen MR) is 62.7 cm³/mol. The highest BCUT2D eigenvalue weighted by atomic mass is 32.2. The van der Waals surface area contributed by atoms with Crippen LogP contribution in [0, 0.1) is 0 Å². The Morgan fingerprint density at radius 3 is 2.71 bits per heavy atom. The molecule has 0 bridgehead atoms. The molecule has 1 rings (SSSR count). The maximum atomic E-state index is 11.7. The number of hydrogen-bond acceptors (Lipinski definition) is 7. The molecule has 92 valence electrons. The lowest BCUT2D eigenvalue weighted by Crippen LogP contribution is -2.06. The summed E-state index contributed by atoms with van der Waals surface area (Å²) < 4.78 is 30.5. The molecule has 0 aliphatic heterocycles. The van der Waals surface area contributed by atoms with E-state index in [4.69, 9.17) is 0 Å². The van der Waals surface area contributed by atoms with Gasteiger partial charge < -0.3 is 4.74 Å². The summed E-state index contributed by atoms with van der Waals surface area (Å²) in [4.78, 5) is 21.4. The first-order chi connectivity index (χ1) is 7.97. The first-order valence-electron chi connectivity index (χ1n) is 4.06. The van der Waals surface area contributed by atoms with Gasteiger partial charge in [-0.05, 0) is 6.26 Å². The van der Waals surface area contributed by atoms with Crippen molar-refractivity contribution in [2.24, 2.45) is 4.40 Å². The first kappa shape index (κ1) is 13.9.